The zero-order valence-electron chi connectivity index (χ0n) is 17.7. The fraction of sp³-hybridized carbons (Fsp3) is 0.455. The molecule has 1 amide bonds. The number of pyridine rings is 1. The summed E-state index contributed by atoms with van der Waals surface area (Å²) in [6, 6.07) is 13.3. The number of halogens is 1. The van der Waals surface area contributed by atoms with E-state index in [2.05, 4.69) is 34.4 Å². The largest absolute Gasteiger partial charge is 0.356 e. The van der Waals surface area contributed by atoms with Gasteiger partial charge in [0.2, 0.25) is 15.9 Å². The molecule has 7 nitrogen and oxygen atoms in total. The summed E-state index contributed by atoms with van der Waals surface area (Å²) in [5.74, 6) is -0.167. The monoisotopic (exact) mass is 464 g/mol. The molecule has 0 bridgehead atoms. The van der Waals surface area contributed by atoms with E-state index in [0.29, 0.717) is 32.5 Å². The molecule has 168 valence electrons. The second kappa shape index (κ2) is 11.0. The van der Waals surface area contributed by atoms with Gasteiger partial charge in [-0.1, -0.05) is 41.9 Å². The smallest absolute Gasteiger partial charge is 0.246 e. The maximum absolute atomic E-state index is 12.8. The highest BCUT2D eigenvalue weighted by Crippen LogP contribution is 2.27. The molecule has 0 radical (unpaired) electrons. The van der Waals surface area contributed by atoms with Crippen molar-refractivity contribution in [2.75, 3.05) is 33.2 Å². The van der Waals surface area contributed by atoms with Crippen LogP contribution < -0.4 is 5.32 Å². The Morgan fingerprint density at radius 2 is 1.90 bits per heavy atom. The standard InChI is InChI=1S/C22H29ClN4O3S/c1-26(17-18-7-3-2-4-8-18)14-6-13-25-22(28)19-10-15-27(16-11-19)31(29,30)20-9-5-12-24-21(20)23/h2-5,7-9,12,19H,6,10-11,13-17H2,1H3,(H,25,28). The first-order chi connectivity index (χ1) is 14.9. The van der Waals surface area contributed by atoms with E-state index in [1.54, 1.807) is 6.07 Å². The molecule has 2 aromatic rings. The Hall–Kier alpha value is -2.00. The zero-order chi connectivity index (χ0) is 22.3. The van der Waals surface area contributed by atoms with Crippen molar-refractivity contribution >= 4 is 27.5 Å². The summed E-state index contributed by atoms with van der Waals surface area (Å²) in [5.41, 5.74) is 1.27. The van der Waals surface area contributed by atoms with E-state index in [4.69, 9.17) is 11.6 Å². The first kappa shape index (κ1) is 23.7. The maximum Gasteiger partial charge on any atom is 0.246 e. The quantitative estimate of drug-likeness (QED) is 0.455. The first-order valence-corrected chi connectivity index (χ1v) is 12.3. The van der Waals surface area contributed by atoms with Crippen molar-refractivity contribution in [2.24, 2.45) is 5.92 Å². The average molecular weight is 465 g/mol. The molecule has 0 atom stereocenters. The molecule has 1 aromatic carbocycles. The van der Waals surface area contributed by atoms with E-state index in [1.165, 1.54) is 22.1 Å². The number of hydrogen-bond donors (Lipinski definition) is 1. The van der Waals surface area contributed by atoms with Crippen LogP contribution >= 0.6 is 11.6 Å². The summed E-state index contributed by atoms with van der Waals surface area (Å²) in [4.78, 5) is 18.6. The van der Waals surface area contributed by atoms with E-state index in [1.807, 2.05) is 18.2 Å². The number of rotatable bonds is 9. The summed E-state index contributed by atoms with van der Waals surface area (Å²) in [6.45, 7) is 2.97. The molecule has 1 fully saturated rings. The molecule has 9 heteroatoms. The Morgan fingerprint density at radius 1 is 1.19 bits per heavy atom. The second-order valence-electron chi connectivity index (χ2n) is 7.84. The minimum Gasteiger partial charge on any atom is -0.356 e. The lowest BCUT2D eigenvalue weighted by Crippen LogP contribution is -2.43. The lowest BCUT2D eigenvalue weighted by molar-refractivity contribution is -0.126. The Morgan fingerprint density at radius 3 is 2.58 bits per heavy atom. The summed E-state index contributed by atoms with van der Waals surface area (Å²) in [6.07, 6.45) is 3.31. The summed E-state index contributed by atoms with van der Waals surface area (Å²) in [5, 5.41) is 2.97. The van der Waals surface area contributed by atoms with E-state index in [9.17, 15) is 13.2 Å². The molecule has 0 spiro atoms. The van der Waals surface area contributed by atoms with Gasteiger partial charge >= 0.3 is 0 Å². The van der Waals surface area contributed by atoms with Gasteiger partial charge in [0.25, 0.3) is 0 Å². The molecule has 0 aliphatic carbocycles. The molecule has 1 aromatic heterocycles. The number of nitrogens with one attached hydrogen (secondary N) is 1. The molecular weight excluding hydrogens is 436 g/mol. The second-order valence-corrected chi connectivity index (χ2v) is 10.1. The van der Waals surface area contributed by atoms with E-state index in [-0.39, 0.29) is 21.9 Å². The van der Waals surface area contributed by atoms with Crippen LogP contribution in [0.1, 0.15) is 24.8 Å². The van der Waals surface area contributed by atoms with Crippen LogP contribution in [0.3, 0.4) is 0 Å². The highest BCUT2D eigenvalue weighted by atomic mass is 35.5. The number of aromatic nitrogens is 1. The molecule has 0 unspecified atom stereocenters. The molecule has 1 aliphatic heterocycles. The predicted octanol–water partition coefficient (Wildman–Crippen LogP) is 2.77. The first-order valence-electron chi connectivity index (χ1n) is 10.5. The third-order valence-corrected chi connectivity index (χ3v) is 7.82. The van der Waals surface area contributed by atoms with E-state index >= 15 is 0 Å². The van der Waals surface area contributed by atoms with Crippen molar-refractivity contribution < 1.29 is 13.2 Å². The highest BCUT2D eigenvalue weighted by Gasteiger charge is 2.33. The maximum atomic E-state index is 12.8. The Bertz CT molecular complexity index is 964. The minimum absolute atomic E-state index is 0.00201. The molecule has 2 heterocycles. The average Bonchev–Trinajstić information content (AvgIpc) is 2.77. The van der Waals surface area contributed by atoms with Crippen LogP contribution in [-0.2, 0) is 21.4 Å². The summed E-state index contributed by atoms with van der Waals surface area (Å²) in [7, 11) is -1.63. The van der Waals surface area contributed by atoms with Crippen molar-refractivity contribution in [1.82, 2.24) is 19.5 Å². The Kier molecular flexibility index (Phi) is 8.43. The van der Waals surface area contributed by atoms with Gasteiger partial charge in [-0.15, -0.1) is 0 Å². The molecule has 1 aliphatic rings. The fourth-order valence-corrected chi connectivity index (χ4v) is 5.64. The summed E-state index contributed by atoms with van der Waals surface area (Å²) < 4.78 is 27.0. The molecule has 31 heavy (non-hydrogen) atoms. The van der Waals surface area contributed by atoms with E-state index in [0.717, 1.165) is 19.5 Å². The number of amides is 1. The number of carbonyl (C=O) groups is 1. The normalized spacial score (nSPS) is 15.8. The Balaban J connectivity index is 1.39. The summed E-state index contributed by atoms with van der Waals surface area (Å²) >= 11 is 5.96. The lowest BCUT2D eigenvalue weighted by Gasteiger charge is -2.30. The van der Waals surface area contributed by atoms with Crippen LogP contribution in [0.2, 0.25) is 5.15 Å². The van der Waals surface area contributed by atoms with Crippen molar-refractivity contribution in [3.05, 3.63) is 59.4 Å². The molecule has 1 N–H and O–H groups in total. The fourth-order valence-electron chi connectivity index (χ4n) is 3.74. The van der Waals surface area contributed by atoms with Gasteiger partial charge in [-0.25, -0.2) is 13.4 Å². The minimum atomic E-state index is -3.70. The molecule has 1 saturated heterocycles. The van der Waals surface area contributed by atoms with Crippen LogP contribution in [0.15, 0.2) is 53.6 Å². The van der Waals surface area contributed by atoms with Crippen molar-refractivity contribution in [3.63, 3.8) is 0 Å². The van der Waals surface area contributed by atoms with Gasteiger partial charge in [-0.3, -0.25) is 4.79 Å². The number of hydrogen-bond acceptors (Lipinski definition) is 5. The van der Waals surface area contributed by atoms with Gasteiger partial charge in [0, 0.05) is 38.3 Å². The van der Waals surface area contributed by atoms with Gasteiger partial charge in [0.05, 0.1) is 0 Å². The van der Waals surface area contributed by atoms with Crippen molar-refractivity contribution in [3.8, 4) is 0 Å². The number of sulfonamides is 1. The third-order valence-electron chi connectivity index (χ3n) is 5.48. The number of piperidine rings is 1. The van der Waals surface area contributed by atoms with Gasteiger partial charge in [-0.2, -0.15) is 4.31 Å². The van der Waals surface area contributed by atoms with Crippen molar-refractivity contribution in [2.45, 2.75) is 30.7 Å². The zero-order valence-corrected chi connectivity index (χ0v) is 19.3. The lowest BCUT2D eigenvalue weighted by atomic mass is 9.97. The van der Waals surface area contributed by atoms with Crippen LogP contribution in [0.25, 0.3) is 0 Å². The third kappa shape index (κ3) is 6.49. The predicted molar refractivity (Wildman–Crippen MR) is 121 cm³/mol. The topological polar surface area (TPSA) is 82.6 Å². The number of carbonyl (C=O) groups excluding carboxylic acids is 1. The highest BCUT2D eigenvalue weighted by molar-refractivity contribution is 7.89. The van der Waals surface area contributed by atoms with Gasteiger partial charge in [0.15, 0.2) is 0 Å². The molecule has 0 saturated carbocycles. The van der Waals surface area contributed by atoms with Crippen LogP contribution in [0.5, 0.6) is 0 Å². The van der Waals surface area contributed by atoms with Crippen molar-refractivity contribution in [1.29, 1.82) is 0 Å². The Labute approximate surface area is 189 Å². The van der Waals surface area contributed by atoms with Gasteiger partial charge in [-0.05, 0) is 50.6 Å². The van der Waals surface area contributed by atoms with Gasteiger partial charge in [0.1, 0.15) is 10.0 Å². The molecule has 3 rings (SSSR count). The SMILES string of the molecule is CN(CCCNC(=O)C1CCN(S(=O)(=O)c2cccnc2Cl)CC1)Cc1ccccc1. The number of nitrogens with zero attached hydrogens (tertiary/aromatic N) is 3. The molecular formula is C22H29ClN4O3S. The number of benzene rings is 1. The van der Waals surface area contributed by atoms with Crippen LogP contribution in [0.4, 0.5) is 0 Å². The van der Waals surface area contributed by atoms with Crippen LogP contribution in [-0.4, -0.2) is 61.7 Å². The van der Waals surface area contributed by atoms with Crippen LogP contribution in [0, 0.1) is 5.92 Å². The van der Waals surface area contributed by atoms with E-state index < -0.39 is 10.0 Å². The van der Waals surface area contributed by atoms with Gasteiger partial charge < -0.3 is 10.2 Å².